The maximum absolute atomic E-state index is 13.0. The lowest BCUT2D eigenvalue weighted by Crippen LogP contribution is -2.47. The fourth-order valence-electron chi connectivity index (χ4n) is 4.10. The fourth-order valence-corrected chi connectivity index (χ4v) is 4.73. The molecule has 1 aliphatic heterocycles. The van der Waals surface area contributed by atoms with E-state index in [4.69, 9.17) is 5.10 Å². The van der Waals surface area contributed by atoms with Crippen LogP contribution in [0.3, 0.4) is 0 Å². The predicted octanol–water partition coefficient (Wildman–Crippen LogP) is 2.85. The first-order valence-electron chi connectivity index (χ1n) is 11.0. The molecular weight excluding hydrogens is 450 g/mol. The summed E-state index contributed by atoms with van der Waals surface area (Å²) in [5.41, 5.74) is 4.44. The van der Waals surface area contributed by atoms with E-state index in [0.717, 1.165) is 43.0 Å². The molecule has 1 aliphatic rings. The molecule has 9 heteroatoms. The van der Waals surface area contributed by atoms with Crippen molar-refractivity contribution in [1.29, 1.82) is 0 Å². The Balaban J connectivity index is 1.47. The van der Waals surface area contributed by atoms with Gasteiger partial charge in [0.25, 0.3) is 5.91 Å². The molecule has 0 radical (unpaired) electrons. The number of imidazole rings is 1. The van der Waals surface area contributed by atoms with Crippen LogP contribution in [0.4, 0.5) is 0 Å². The topological polar surface area (TPSA) is 87.9 Å². The second-order valence-corrected chi connectivity index (χ2v) is 10.6. The van der Waals surface area contributed by atoms with Crippen LogP contribution in [-0.2, 0) is 9.84 Å². The molecule has 0 N–H and O–H groups in total. The van der Waals surface area contributed by atoms with Crippen molar-refractivity contribution in [1.82, 2.24) is 24.4 Å². The predicted molar refractivity (Wildman–Crippen MR) is 130 cm³/mol. The summed E-state index contributed by atoms with van der Waals surface area (Å²) < 4.78 is 25.3. The molecule has 1 fully saturated rings. The smallest absolute Gasteiger partial charge is 0.253 e. The molecule has 34 heavy (non-hydrogen) atoms. The van der Waals surface area contributed by atoms with Gasteiger partial charge in [0, 0.05) is 49.1 Å². The number of hydrogen-bond acceptors (Lipinski definition) is 6. The van der Waals surface area contributed by atoms with E-state index in [9.17, 15) is 13.2 Å². The monoisotopic (exact) mass is 475 g/mol. The van der Waals surface area contributed by atoms with Gasteiger partial charge in [-0.15, -0.1) is 0 Å². The van der Waals surface area contributed by atoms with Crippen LogP contribution >= 0.6 is 0 Å². The van der Waals surface area contributed by atoms with Gasteiger partial charge in [-0.1, -0.05) is 24.3 Å². The van der Waals surface area contributed by atoms with Crippen molar-refractivity contribution in [3.8, 4) is 22.5 Å². The van der Waals surface area contributed by atoms with Gasteiger partial charge in [-0.2, -0.15) is 5.10 Å². The number of rotatable bonds is 4. The molecule has 5 rings (SSSR count). The number of nitrogens with zero attached hydrogens (tertiary/aromatic N) is 5. The largest absolute Gasteiger partial charge is 0.336 e. The Morgan fingerprint density at radius 1 is 0.912 bits per heavy atom. The van der Waals surface area contributed by atoms with Gasteiger partial charge in [-0.3, -0.25) is 4.79 Å². The molecule has 1 saturated heterocycles. The van der Waals surface area contributed by atoms with Gasteiger partial charge in [0.15, 0.2) is 15.5 Å². The molecule has 0 unspecified atom stereocenters. The van der Waals surface area contributed by atoms with Crippen LogP contribution in [0, 0.1) is 0 Å². The van der Waals surface area contributed by atoms with Crippen LogP contribution in [0.1, 0.15) is 10.4 Å². The molecule has 2 aromatic carbocycles. The summed E-state index contributed by atoms with van der Waals surface area (Å²) in [5, 5.41) is 4.78. The maximum Gasteiger partial charge on any atom is 0.253 e. The third-order valence-electron chi connectivity index (χ3n) is 6.14. The van der Waals surface area contributed by atoms with E-state index in [-0.39, 0.29) is 10.8 Å². The summed E-state index contributed by atoms with van der Waals surface area (Å²) in [4.78, 5) is 21.8. The third-order valence-corrected chi connectivity index (χ3v) is 7.26. The second kappa shape index (κ2) is 8.66. The van der Waals surface area contributed by atoms with Crippen molar-refractivity contribution >= 4 is 21.4 Å². The summed E-state index contributed by atoms with van der Waals surface area (Å²) in [6.07, 6.45) is 2.90. The maximum atomic E-state index is 13.0. The summed E-state index contributed by atoms with van der Waals surface area (Å²) in [6.45, 7) is 3.19. The Morgan fingerprint density at radius 3 is 2.35 bits per heavy atom. The Hall–Kier alpha value is -3.56. The van der Waals surface area contributed by atoms with E-state index >= 15 is 0 Å². The highest BCUT2D eigenvalue weighted by Crippen LogP contribution is 2.25. The Labute approximate surface area is 198 Å². The van der Waals surface area contributed by atoms with E-state index in [1.54, 1.807) is 35.0 Å². The molecule has 0 aliphatic carbocycles. The molecule has 1 amide bonds. The Bertz CT molecular complexity index is 1470. The zero-order chi connectivity index (χ0) is 23.9. The van der Waals surface area contributed by atoms with E-state index in [2.05, 4.69) is 16.9 Å². The molecule has 2 aromatic heterocycles. The highest BCUT2D eigenvalue weighted by atomic mass is 32.2. The number of likely N-dealkylation sites (N-methyl/N-ethyl adjacent to an activating group) is 1. The van der Waals surface area contributed by atoms with Gasteiger partial charge in [-0.25, -0.2) is 17.9 Å². The van der Waals surface area contributed by atoms with Gasteiger partial charge in [0.1, 0.15) is 0 Å². The van der Waals surface area contributed by atoms with Crippen LogP contribution < -0.4 is 0 Å². The highest BCUT2D eigenvalue weighted by Gasteiger charge is 2.21. The summed E-state index contributed by atoms with van der Waals surface area (Å²) in [5.74, 6) is 0.0327. The Kier molecular flexibility index (Phi) is 5.66. The van der Waals surface area contributed by atoms with E-state index < -0.39 is 9.84 Å². The minimum atomic E-state index is -3.27. The SMILES string of the molecule is CN1CCN(C(=O)c2cccc(-c3ccc4ncc(-c5ccc(S(C)(=O)=O)cc5)n4n3)c2)CC1. The van der Waals surface area contributed by atoms with E-state index in [1.165, 1.54) is 6.26 Å². The first-order valence-corrected chi connectivity index (χ1v) is 12.9. The van der Waals surface area contributed by atoms with Crippen molar-refractivity contribution in [3.05, 3.63) is 72.4 Å². The molecule has 3 heterocycles. The molecule has 4 aromatic rings. The minimum absolute atomic E-state index is 0.0327. The van der Waals surface area contributed by atoms with Crippen molar-refractivity contribution in [2.45, 2.75) is 4.90 Å². The summed E-state index contributed by atoms with van der Waals surface area (Å²) in [7, 11) is -1.20. The van der Waals surface area contributed by atoms with Crippen molar-refractivity contribution in [2.24, 2.45) is 0 Å². The third kappa shape index (κ3) is 4.32. The Morgan fingerprint density at radius 2 is 1.65 bits per heavy atom. The van der Waals surface area contributed by atoms with Gasteiger partial charge >= 0.3 is 0 Å². The highest BCUT2D eigenvalue weighted by molar-refractivity contribution is 7.90. The van der Waals surface area contributed by atoms with Crippen LogP contribution in [0.5, 0.6) is 0 Å². The van der Waals surface area contributed by atoms with E-state index in [0.29, 0.717) is 16.9 Å². The molecule has 0 spiro atoms. The molecule has 0 bridgehead atoms. The lowest BCUT2D eigenvalue weighted by molar-refractivity contribution is 0.0664. The number of piperazine rings is 1. The van der Waals surface area contributed by atoms with Crippen molar-refractivity contribution < 1.29 is 13.2 Å². The minimum Gasteiger partial charge on any atom is -0.336 e. The number of hydrogen-bond donors (Lipinski definition) is 0. The standard InChI is InChI=1S/C25H25N5O3S/c1-28-12-14-29(15-13-28)25(31)20-5-3-4-19(16-20)22-10-11-24-26-17-23(30(24)27-22)18-6-8-21(9-7-18)34(2,32)33/h3-11,16-17H,12-15H2,1-2H3. The molecule has 8 nitrogen and oxygen atoms in total. The van der Waals surface area contributed by atoms with Crippen LogP contribution in [0.25, 0.3) is 28.2 Å². The zero-order valence-electron chi connectivity index (χ0n) is 19.0. The lowest BCUT2D eigenvalue weighted by atomic mass is 10.1. The lowest BCUT2D eigenvalue weighted by Gasteiger charge is -2.32. The first kappa shape index (κ1) is 22.2. The van der Waals surface area contributed by atoms with Gasteiger partial charge in [0.05, 0.1) is 22.5 Å². The summed E-state index contributed by atoms with van der Waals surface area (Å²) >= 11 is 0. The summed E-state index contributed by atoms with van der Waals surface area (Å²) in [6, 6.07) is 18.0. The number of fused-ring (bicyclic) bond motifs is 1. The molecule has 0 saturated carbocycles. The van der Waals surface area contributed by atoms with Crippen molar-refractivity contribution in [2.75, 3.05) is 39.5 Å². The van der Waals surface area contributed by atoms with Crippen LogP contribution in [-0.4, -0.2) is 78.2 Å². The van der Waals surface area contributed by atoms with E-state index in [1.807, 2.05) is 41.3 Å². The second-order valence-electron chi connectivity index (χ2n) is 8.60. The molecule has 174 valence electrons. The number of benzene rings is 2. The average Bonchev–Trinajstić information content (AvgIpc) is 3.27. The number of carbonyl (C=O) groups excluding carboxylic acids is 1. The molecular formula is C25H25N5O3S. The average molecular weight is 476 g/mol. The number of aromatic nitrogens is 3. The normalized spacial score (nSPS) is 15.1. The number of amides is 1. The number of carbonyl (C=O) groups is 1. The molecule has 0 atom stereocenters. The van der Waals surface area contributed by atoms with Gasteiger partial charge in [-0.05, 0) is 43.4 Å². The van der Waals surface area contributed by atoms with Crippen LogP contribution in [0.15, 0.2) is 71.8 Å². The number of sulfone groups is 1. The quantitative estimate of drug-likeness (QED) is 0.451. The fraction of sp³-hybridized carbons (Fsp3) is 0.240. The van der Waals surface area contributed by atoms with Crippen LogP contribution in [0.2, 0.25) is 0 Å². The van der Waals surface area contributed by atoms with Crippen molar-refractivity contribution in [3.63, 3.8) is 0 Å². The zero-order valence-corrected chi connectivity index (χ0v) is 19.9. The van der Waals surface area contributed by atoms with Gasteiger partial charge in [0.2, 0.25) is 0 Å². The van der Waals surface area contributed by atoms with Gasteiger partial charge < -0.3 is 9.80 Å². The first-order chi connectivity index (χ1) is 16.3.